The summed E-state index contributed by atoms with van der Waals surface area (Å²) >= 11 is 0. The zero-order valence-corrected chi connectivity index (χ0v) is 18.5. The van der Waals surface area contributed by atoms with Gasteiger partial charge in [-0.1, -0.05) is 25.1 Å². The number of hydrogen-bond acceptors (Lipinski definition) is 4. The van der Waals surface area contributed by atoms with Crippen molar-refractivity contribution in [3.63, 3.8) is 0 Å². The van der Waals surface area contributed by atoms with Gasteiger partial charge in [-0.05, 0) is 48.7 Å². The van der Waals surface area contributed by atoms with Gasteiger partial charge in [-0.3, -0.25) is 19.3 Å². The third-order valence-corrected chi connectivity index (χ3v) is 6.20. The van der Waals surface area contributed by atoms with Crippen LogP contribution in [0.3, 0.4) is 0 Å². The van der Waals surface area contributed by atoms with Crippen molar-refractivity contribution in [2.45, 2.75) is 26.2 Å². The molecule has 2 aromatic carbocycles. The first kappa shape index (κ1) is 22.0. The first-order chi connectivity index (χ1) is 15.5. The van der Waals surface area contributed by atoms with Crippen LogP contribution < -0.4 is 10.2 Å². The van der Waals surface area contributed by atoms with Crippen LogP contribution in [0, 0.1) is 0 Å². The summed E-state index contributed by atoms with van der Waals surface area (Å²) in [5.74, 6) is 0.102. The number of nitrogens with zero attached hydrogens (tertiary/aromatic N) is 3. The van der Waals surface area contributed by atoms with Crippen molar-refractivity contribution in [1.82, 2.24) is 9.80 Å². The molecule has 2 heterocycles. The number of rotatable bonds is 6. The van der Waals surface area contributed by atoms with E-state index >= 15 is 0 Å². The van der Waals surface area contributed by atoms with Crippen molar-refractivity contribution < 1.29 is 14.4 Å². The molecule has 7 heteroatoms. The number of aryl methyl sites for hydroxylation is 1. The summed E-state index contributed by atoms with van der Waals surface area (Å²) in [6.07, 6.45) is 2.34. The maximum atomic E-state index is 12.9. The molecule has 0 bridgehead atoms. The van der Waals surface area contributed by atoms with Gasteiger partial charge in [0.2, 0.25) is 11.8 Å². The van der Waals surface area contributed by atoms with E-state index in [-0.39, 0.29) is 17.7 Å². The van der Waals surface area contributed by atoms with Crippen LogP contribution in [0.1, 0.15) is 35.7 Å². The highest BCUT2D eigenvalue weighted by atomic mass is 16.2. The molecule has 7 nitrogen and oxygen atoms in total. The van der Waals surface area contributed by atoms with Crippen LogP contribution in [0.4, 0.5) is 11.4 Å². The second-order valence-corrected chi connectivity index (χ2v) is 8.32. The lowest BCUT2D eigenvalue weighted by atomic mass is 10.1. The van der Waals surface area contributed by atoms with Gasteiger partial charge < -0.3 is 15.1 Å². The molecular weight excluding hydrogens is 404 g/mol. The van der Waals surface area contributed by atoms with Gasteiger partial charge in [0.1, 0.15) is 0 Å². The smallest absolute Gasteiger partial charge is 0.253 e. The Balaban J connectivity index is 1.27. The minimum absolute atomic E-state index is 0.00901. The quantitative estimate of drug-likeness (QED) is 0.759. The molecule has 0 radical (unpaired) electrons. The Bertz CT molecular complexity index is 981. The Labute approximate surface area is 189 Å². The molecule has 168 valence electrons. The predicted molar refractivity (Wildman–Crippen MR) is 125 cm³/mol. The molecule has 0 aliphatic carbocycles. The number of carbonyl (C=O) groups excluding carboxylic acids is 3. The zero-order chi connectivity index (χ0) is 22.5. The molecule has 3 amide bonds. The molecule has 2 fully saturated rings. The van der Waals surface area contributed by atoms with E-state index in [1.165, 1.54) is 0 Å². The fourth-order valence-corrected chi connectivity index (χ4v) is 4.34. The Morgan fingerprint density at radius 3 is 2.31 bits per heavy atom. The minimum Gasteiger partial charge on any atom is -0.336 e. The molecule has 2 aliphatic rings. The number of para-hydroxylation sites is 1. The standard InChI is InChI=1S/C25H30N4O3/c1-2-19-6-3-4-7-22(19)26-23(30)18-27-14-16-28(17-15-27)25(32)20-9-11-21(12-10-20)29-13-5-8-24(29)31/h3-4,6-7,9-12H,2,5,8,13-18H2,1H3,(H,26,30). The lowest BCUT2D eigenvalue weighted by Gasteiger charge is -2.34. The second kappa shape index (κ2) is 9.96. The fourth-order valence-electron chi connectivity index (χ4n) is 4.34. The van der Waals surface area contributed by atoms with E-state index in [2.05, 4.69) is 17.1 Å². The predicted octanol–water partition coefficient (Wildman–Crippen LogP) is 2.77. The number of anilines is 2. The summed E-state index contributed by atoms with van der Waals surface area (Å²) in [6, 6.07) is 15.2. The van der Waals surface area contributed by atoms with Crippen LogP contribution in [0.2, 0.25) is 0 Å². The minimum atomic E-state index is -0.0299. The van der Waals surface area contributed by atoms with Crippen molar-refractivity contribution in [2.24, 2.45) is 0 Å². The Morgan fingerprint density at radius 2 is 1.66 bits per heavy atom. The monoisotopic (exact) mass is 434 g/mol. The normalized spacial score (nSPS) is 17.0. The summed E-state index contributed by atoms with van der Waals surface area (Å²) < 4.78 is 0. The van der Waals surface area contributed by atoms with E-state index in [9.17, 15) is 14.4 Å². The van der Waals surface area contributed by atoms with E-state index in [1.54, 1.807) is 17.0 Å². The molecule has 0 atom stereocenters. The van der Waals surface area contributed by atoms with Crippen LogP contribution in [0.5, 0.6) is 0 Å². The van der Waals surface area contributed by atoms with Gasteiger partial charge >= 0.3 is 0 Å². The number of amides is 3. The summed E-state index contributed by atoms with van der Waals surface area (Å²) in [7, 11) is 0. The highest BCUT2D eigenvalue weighted by Gasteiger charge is 2.25. The second-order valence-electron chi connectivity index (χ2n) is 8.32. The SMILES string of the molecule is CCc1ccccc1NC(=O)CN1CCN(C(=O)c2ccc(N3CCCC3=O)cc2)CC1. The number of benzene rings is 2. The molecule has 0 aromatic heterocycles. The first-order valence-electron chi connectivity index (χ1n) is 11.3. The number of hydrogen-bond donors (Lipinski definition) is 1. The highest BCUT2D eigenvalue weighted by molar-refractivity contribution is 5.97. The summed E-state index contributed by atoms with van der Waals surface area (Å²) in [5, 5.41) is 3.01. The molecule has 4 rings (SSSR count). The van der Waals surface area contributed by atoms with Crippen molar-refractivity contribution in [2.75, 3.05) is 49.5 Å². The highest BCUT2D eigenvalue weighted by Crippen LogP contribution is 2.22. The summed E-state index contributed by atoms with van der Waals surface area (Å²) in [6.45, 7) is 5.63. The molecule has 32 heavy (non-hydrogen) atoms. The molecule has 0 spiro atoms. The van der Waals surface area contributed by atoms with E-state index in [4.69, 9.17) is 0 Å². The Morgan fingerprint density at radius 1 is 0.938 bits per heavy atom. The van der Waals surface area contributed by atoms with Gasteiger partial charge in [0, 0.05) is 56.1 Å². The van der Waals surface area contributed by atoms with Gasteiger partial charge in [-0.2, -0.15) is 0 Å². The van der Waals surface area contributed by atoms with Gasteiger partial charge in [-0.15, -0.1) is 0 Å². The molecule has 2 saturated heterocycles. The number of nitrogens with one attached hydrogen (secondary N) is 1. The van der Waals surface area contributed by atoms with Crippen LogP contribution in [-0.4, -0.2) is 66.8 Å². The van der Waals surface area contributed by atoms with Crippen LogP contribution in [0.25, 0.3) is 0 Å². The average Bonchev–Trinajstić information content (AvgIpc) is 3.25. The summed E-state index contributed by atoms with van der Waals surface area (Å²) in [4.78, 5) is 43.0. The van der Waals surface area contributed by atoms with Crippen LogP contribution in [-0.2, 0) is 16.0 Å². The fraction of sp³-hybridized carbons (Fsp3) is 0.400. The van der Waals surface area contributed by atoms with Crippen molar-refractivity contribution in [1.29, 1.82) is 0 Å². The van der Waals surface area contributed by atoms with Crippen molar-refractivity contribution in [3.05, 3.63) is 59.7 Å². The molecule has 0 saturated carbocycles. The first-order valence-corrected chi connectivity index (χ1v) is 11.3. The third-order valence-electron chi connectivity index (χ3n) is 6.20. The van der Waals surface area contributed by atoms with Gasteiger partial charge in [0.25, 0.3) is 5.91 Å². The van der Waals surface area contributed by atoms with E-state index in [0.29, 0.717) is 44.7 Å². The lowest BCUT2D eigenvalue weighted by Crippen LogP contribution is -2.50. The lowest BCUT2D eigenvalue weighted by molar-refractivity contribution is -0.118. The zero-order valence-electron chi connectivity index (χ0n) is 18.5. The largest absolute Gasteiger partial charge is 0.336 e. The van der Waals surface area contributed by atoms with Crippen molar-refractivity contribution >= 4 is 29.1 Å². The van der Waals surface area contributed by atoms with Gasteiger partial charge in [0.15, 0.2) is 0 Å². The van der Waals surface area contributed by atoms with E-state index in [0.717, 1.165) is 36.3 Å². The summed E-state index contributed by atoms with van der Waals surface area (Å²) in [5.41, 5.74) is 3.47. The average molecular weight is 435 g/mol. The number of carbonyl (C=O) groups is 3. The molecule has 1 N–H and O–H groups in total. The van der Waals surface area contributed by atoms with E-state index in [1.807, 2.05) is 41.3 Å². The third kappa shape index (κ3) is 4.99. The maximum Gasteiger partial charge on any atom is 0.253 e. The van der Waals surface area contributed by atoms with Gasteiger partial charge in [0.05, 0.1) is 6.54 Å². The van der Waals surface area contributed by atoms with Crippen molar-refractivity contribution in [3.8, 4) is 0 Å². The van der Waals surface area contributed by atoms with Gasteiger partial charge in [-0.25, -0.2) is 0 Å². The molecular formula is C25H30N4O3. The van der Waals surface area contributed by atoms with E-state index < -0.39 is 0 Å². The topological polar surface area (TPSA) is 73.0 Å². The Kier molecular flexibility index (Phi) is 6.85. The van der Waals surface area contributed by atoms with Crippen LogP contribution >= 0.6 is 0 Å². The molecule has 2 aromatic rings. The molecule has 2 aliphatic heterocycles. The van der Waals surface area contributed by atoms with Crippen LogP contribution in [0.15, 0.2) is 48.5 Å². The number of piperazine rings is 1. The molecule has 0 unspecified atom stereocenters. The Hall–Kier alpha value is -3.19. The maximum absolute atomic E-state index is 12.9.